The molecule has 0 fully saturated rings. The number of benzene rings is 4. The zero-order chi connectivity index (χ0) is 23.7. The lowest BCUT2D eigenvalue weighted by Gasteiger charge is -2.20. The number of thiol groups is 1. The quantitative estimate of drug-likeness (QED) is 0.105. The Morgan fingerprint density at radius 3 is 1.94 bits per heavy atom. The van der Waals surface area contributed by atoms with Gasteiger partial charge < -0.3 is 14.2 Å². The summed E-state index contributed by atoms with van der Waals surface area (Å²) in [7, 11) is -0.558. The van der Waals surface area contributed by atoms with Gasteiger partial charge >= 0.3 is 0 Å². The van der Waals surface area contributed by atoms with E-state index in [1.165, 1.54) is 25.8 Å². The summed E-state index contributed by atoms with van der Waals surface area (Å²) >= 11 is 4.57. The van der Waals surface area contributed by atoms with Gasteiger partial charge in [-0.1, -0.05) is 36.4 Å². The fourth-order valence-electron chi connectivity index (χ4n) is 4.12. The topological polar surface area (TPSA) is 27.7 Å². The summed E-state index contributed by atoms with van der Waals surface area (Å²) < 4.78 is 19.7. The molecule has 0 aliphatic carbocycles. The second-order valence-electron chi connectivity index (χ2n) is 7.82. The Labute approximate surface area is 230 Å². The van der Waals surface area contributed by atoms with Gasteiger partial charge in [0.2, 0.25) is 0 Å². The molecule has 1 aliphatic rings. The Morgan fingerprint density at radius 1 is 0.765 bits per heavy atom. The Morgan fingerprint density at radius 2 is 1.32 bits per heavy atom. The first-order chi connectivity index (χ1) is 16.5. The van der Waals surface area contributed by atoms with E-state index in [9.17, 15) is 0 Å². The lowest BCUT2D eigenvalue weighted by molar-refractivity contribution is -0.0618. The Balaban J connectivity index is 1.38. The fraction of sp³-hybridized carbons (Fsp3) is 0.143. The molecular formula is C28H24I2O3S. The minimum Gasteiger partial charge on any atom is -0.464 e. The Kier molecular flexibility index (Phi) is 7.38. The van der Waals surface area contributed by atoms with Gasteiger partial charge in [0.1, 0.15) is 17.2 Å². The number of rotatable bonds is 7. The minimum absolute atomic E-state index is 0.290. The van der Waals surface area contributed by atoms with Crippen LogP contribution in [0.3, 0.4) is 0 Å². The van der Waals surface area contributed by atoms with Crippen LogP contribution in [0.1, 0.15) is 13.8 Å². The first kappa shape index (κ1) is 24.0. The maximum absolute atomic E-state index is 6.26. The van der Waals surface area contributed by atoms with Gasteiger partial charge in [-0.25, -0.2) is 0 Å². The van der Waals surface area contributed by atoms with Crippen LogP contribution >= 0.6 is 56.1 Å². The molecule has 0 aromatic heterocycles. The summed E-state index contributed by atoms with van der Waals surface area (Å²) in [6, 6.07) is 30.1. The van der Waals surface area contributed by atoms with Gasteiger partial charge in [-0.2, -0.15) is 10.9 Å². The van der Waals surface area contributed by atoms with Crippen molar-refractivity contribution in [2.45, 2.75) is 34.8 Å². The second kappa shape index (κ2) is 10.5. The van der Waals surface area contributed by atoms with Crippen molar-refractivity contribution in [2.24, 2.45) is 0 Å². The van der Waals surface area contributed by atoms with Crippen molar-refractivity contribution in [3.8, 4) is 28.4 Å². The molecule has 1 heterocycles. The number of hydrogen-bond acceptors (Lipinski definition) is 3. The molecule has 0 radical (unpaired) electrons. The molecule has 0 saturated carbocycles. The first-order valence-electron chi connectivity index (χ1n) is 11.1. The number of halogens is 2. The maximum Gasteiger partial charge on any atom is 0.197 e. The largest absolute Gasteiger partial charge is 0.464 e. The van der Waals surface area contributed by atoms with Crippen LogP contribution in [0.15, 0.2) is 99.6 Å². The van der Waals surface area contributed by atoms with Crippen LogP contribution in [-0.2, 0) is 4.74 Å². The van der Waals surface area contributed by atoms with E-state index in [4.69, 9.17) is 14.2 Å². The van der Waals surface area contributed by atoms with E-state index in [-0.39, 0.29) is 6.29 Å². The highest BCUT2D eigenvalue weighted by molar-refractivity contribution is 14.1. The second-order valence-corrected chi connectivity index (χ2v) is 12.3. The third-order valence-corrected chi connectivity index (χ3v) is 9.83. The van der Waals surface area contributed by atoms with Crippen LogP contribution in [0, 0.1) is 7.14 Å². The first-order valence-corrected chi connectivity index (χ1v) is 14.6. The van der Waals surface area contributed by atoms with Crippen LogP contribution in [0.2, 0.25) is 0 Å². The highest BCUT2D eigenvalue weighted by Gasteiger charge is 2.26. The predicted molar refractivity (Wildman–Crippen MR) is 156 cm³/mol. The van der Waals surface area contributed by atoms with Crippen molar-refractivity contribution < 1.29 is 14.2 Å². The van der Waals surface area contributed by atoms with Crippen LogP contribution in [0.25, 0.3) is 11.1 Å². The van der Waals surface area contributed by atoms with Crippen LogP contribution in [0.5, 0.6) is 17.2 Å². The summed E-state index contributed by atoms with van der Waals surface area (Å²) in [4.78, 5) is 4.18. The van der Waals surface area contributed by atoms with E-state index in [1.54, 1.807) is 0 Å². The molecule has 0 saturated heterocycles. The van der Waals surface area contributed by atoms with Gasteiger partial charge in [-0.3, -0.25) is 0 Å². The van der Waals surface area contributed by atoms with E-state index < -0.39 is 10.9 Å². The summed E-state index contributed by atoms with van der Waals surface area (Å²) in [6.07, 6.45) is -0.290. The molecule has 1 unspecified atom stereocenters. The van der Waals surface area contributed by atoms with Gasteiger partial charge in [-0.05, 0) is 124 Å². The standard InChI is InChI=1S/C28H24I2O3S/c1-3-31-18(2)32-25-16-24(30)26(17-23(25)29)33-19-12-14-20(15-13-19)34-27-10-6-4-8-21(27)22-9-5-7-11-28(22)34/h4-18,34H,3H2,1-2H3. The normalized spacial score (nSPS) is 13.8. The number of hydrogen-bond donors (Lipinski definition) is 1. The molecule has 1 atom stereocenters. The van der Waals surface area contributed by atoms with E-state index in [2.05, 4.69) is 118 Å². The summed E-state index contributed by atoms with van der Waals surface area (Å²) in [5.74, 6) is 2.44. The third-order valence-electron chi connectivity index (χ3n) is 5.58. The molecule has 174 valence electrons. The van der Waals surface area contributed by atoms with Gasteiger partial charge in [-0.15, -0.1) is 0 Å². The van der Waals surface area contributed by atoms with E-state index in [1.807, 2.05) is 26.0 Å². The highest BCUT2D eigenvalue weighted by Crippen LogP contribution is 2.62. The SMILES string of the molecule is CCOC(C)Oc1cc(I)c(Oc2ccc([SH]3c4ccccc4-c4ccccc43)cc2)cc1I. The smallest absolute Gasteiger partial charge is 0.197 e. The van der Waals surface area contributed by atoms with Crippen LogP contribution in [0.4, 0.5) is 0 Å². The monoisotopic (exact) mass is 694 g/mol. The average Bonchev–Trinajstić information content (AvgIpc) is 3.17. The molecule has 6 heteroatoms. The van der Waals surface area contributed by atoms with Crippen molar-refractivity contribution in [1.29, 1.82) is 0 Å². The molecule has 5 rings (SSSR count). The predicted octanol–water partition coefficient (Wildman–Crippen LogP) is 8.91. The molecule has 0 N–H and O–H groups in total. The highest BCUT2D eigenvalue weighted by atomic mass is 127. The third kappa shape index (κ3) is 4.82. The molecule has 0 amide bonds. The average molecular weight is 694 g/mol. The van der Waals surface area contributed by atoms with Gasteiger partial charge in [0.05, 0.1) is 7.14 Å². The van der Waals surface area contributed by atoms with Gasteiger partial charge in [0.25, 0.3) is 0 Å². The lowest BCUT2D eigenvalue weighted by atomic mass is 10.1. The van der Waals surface area contributed by atoms with Gasteiger partial charge in [0.15, 0.2) is 6.29 Å². The molecule has 4 aromatic rings. The van der Waals surface area contributed by atoms with Crippen LogP contribution < -0.4 is 9.47 Å². The van der Waals surface area contributed by atoms with E-state index >= 15 is 0 Å². The zero-order valence-electron chi connectivity index (χ0n) is 18.8. The zero-order valence-corrected chi connectivity index (χ0v) is 24.0. The van der Waals surface area contributed by atoms with E-state index in [0.29, 0.717) is 6.61 Å². The fourth-order valence-corrected chi connectivity index (χ4v) is 7.84. The van der Waals surface area contributed by atoms with Gasteiger partial charge in [0, 0.05) is 16.4 Å². The number of fused-ring (bicyclic) bond motifs is 3. The summed E-state index contributed by atoms with van der Waals surface area (Å²) in [5.41, 5.74) is 2.71. The maximum atomic E-state index is 6.26. The molecule has 0 bridgehead atoms. The Bertz CT molecular complexity index is 1280. The van der Waals surface area contributed by atoms with Crippen molar-refractivity contribution in [3.63, 3.8) is 0 Å². The minimum atomic E-state index is -0.558. The molecule has 3 nitrogen and oxygen atoms in total. The molecule has 34 heavy (non-hydrogen) atoms. The molecule has 4 aromatic carbocycles. The van der Waals surface area contributed by atoms with Crippen molar-refractivity contribution in [3.05, 3.63) is 92.1 Å². The Hall–Kier alpha value is -1.75. The van der Waals surface area contributed by atoms with E-state index in [0.717, 1.165) is 24.4 Å². The number of ether oxygens (including phenoxy) is 3. The summed E-state index contributed by atoms with van der Waals surface area (Å²) in [5, 5.41) is 0. The lowest BCUT2D eigenvalue weighted by Crippen LogP contribution is -2.16. The molecule has 1 aliphatic heterocycles. The molecular weight excluding hydrogens is 670 g/mol. The van der Waals surface area contributed by atoms with Crippen LogP contribution in [-0.4, -0.2) is 12.9 Å². The summed E-state index contributed by atoms with van der Waals surface area (Å²) in [6.45, 7) is 4.48. The van der Waals surface area contributed by atoms with Crippen molar-refractivity contribution in [1.82, 2.24) is 0 Å². The molecule has 0 spiro atoms. The van der Waals surface area contributed by atoms with Crippen molar-refractivity contribution >= 4 is 56.1 Å². The van der Waals surface area contributed by atoms with Crippen molar-refractivity contribution in [2.75, 3.05) is 6.61 Å².